The van der Waals surface area contributed by atoms with Gasteiger partial charge in [-0.3, -0.25) is 9.59 Å². The van der Waals surface area contributed by atoms with E-state index in [0.29, 0.717) is 71.8 Å². The maximum atomic E-state index is 13.7. The molecule has 10 heteroatoms. The third-order valence-corrected chi connectivity index (χ3v) is 7.54. The quantitative estimate of drug-likeness (QED) is 0.498. The topological polar surface area (TPSA) is 96.0 Å². The van der Waals surface area contributed by atoms with Gasteiger partial charge in [-0.05, 0) is 30.7 Å². The highest BCUT2D eigenvalue weighted by Crippen LogP contribution is 2.47. The van der Waals surface area contributed by atoms with Crippen LogP contribution in [-0.2, 0) is 0 Å². The minimum absolute atomic E-state index is 0.115. The van der Waals surface area contributed by atoms with Gasteiger partial charge in [0.15, 0.2) is 23.0 Å². The van der Waals surface area contributed by atoms with Crippen molar-refractivity contribution in [3.05, 3.63) is 35.4 Å². The number of ether oxygens (including phenoxy) is 6. The number of carbonyl (C=O) groups is 2. The zero-order chi connectivity index (χ0) is 28.5. The minimum atomic E-state index is -0.294. The zero-order valence-electron chi connectivity index (χ0n) is 24.0. The summed E-state index contributed by atoms with van der Waals surface area (Å²) in [5, 5.41) is 0. The van der Waals surface area contributed by atoms with Crippen LogP contribution >= 0.6 is 0 Å². The standard InChI is InChI=1S/C29H38N2O8/c1-28-13-29(2,16-30(14-28)26(32)18-9-20(34-3)24(38-7)21(10-18)35-4)17-31(15-28)27(33)19-11-22(36-5)25(39-8)23(12-19)37-6/h9-12H,13-17H2,1-8H3. The zero-order valence-corrected chi connectivity index (χ0v) is 24.0. The van der Waals surface area contributed by atoms with E-state index in [-0.39, 0.29) is 22.6 Å². The van der Waals surface area contributed by atoms with Crippen molar-refractivity contribution < 1.29 is 38.0 Å². The first-order chi connectivity index (χ1) is 18.5. The van der Waals surface area contributed by atoms with Crippen LogP contribution in [0.2, 0.25) is 0 Å². The Kier molecular flexibility index (Phi) is 7.77. The summed E-state index contributed by atoms with van der Waals surface area (Å²) in [5.41, 5.74) is 0.333. The SMILES string of the molecule is COc1cc(C(=O)N2CC3(C)CN(C(=O)c4cc(OC)c(OC)c(OC)c4)CC(C)(C2)C3)cc(OC)c1OC. The van der Waals surface area contributed by atoms with Crippen LogP contribution in [0.3, 0.4) is 0 Å². The van der Waals surface area contributed by atoms with E-state index >= 15 is 0 Å². The first kappa shape index (κ1) is 28.2. The van der Waals surface area contributed by atoms with Crippen molar-refractivity contribution in [1.29, 1.82) is 0 Å². The Bertz CT molecular complexity index is 1100. The van der Waals surface area contributed by atoms with E-state index < -0.39 is 0 Å². The molecule has 212 valence electrons. The first-order valence-corrected chi connectivity index (χ1v) is 12.7. The number of carbonyl (C=O) groups excluding carboxylic acids is 2. The smallest absolute Gasteiger partial charge is 0.254 e. The van der Waals surface area contributed by atoms with Gasteiger partial charge in [0.2, 0.25) is 11.5 Å². The van der Waals surface area contributed by atoms with Gasteiger partial charge in [0, 0.05) is 48.1 Å². The number of fused-ring (bicyclic) bond motifs is 2. The highest BCUT2D eigenvalue weighted by molar-refractivity contribution is 5.97. The summed E-state index contributed by atoms with van der Waals surface area (Å²) in [4.78, 5) is 31.2. The van der Waals surface area contributed by atoms with Gasteiger partial charge in [-0.2, -0.15) is 0 Å². The number of hydrogen-bond donors (Lipinski definition) is 0. The van der Waals surface area contributed by atoms with E-state index in [0.717, 1.165) is 6.42 Å². The third-order valence-electron chi connectivity index (χ3n) is 7.54. The largest absolute Gasteiger partial charge is 0.493 e. The fourth-order valence-electron chi connectivity index (χ4n) is 6.37. The van der Waals surface area contributed by atoms with Gasteiger partial charge in [0.1, 0.15) is 0 Å². The summed E-state index contributed by atoms with van der Waals surface area (Å²) < 4.78 is 32.6. The molecule has 0 saturated carbocycles. The molecular weight excluding hydrogens is 504 g/mol. The summed E-state index contributed by atoms with van der Waals surface area (Å²) >= 11 is 0. The van der Waals surface area contributed by atoms with Gasteiger partial charge < -0.3 is 38.2 Å². The monoisotopic (exact) mass is 542 g/mol. The molecule has 0 N–H and O–H groups in total. The highest BCUT2D eigenvalue weighted by atomic mass is 16.5. The molecular formula is C29H38N2O8. The van der Waals surface area contributed by atoms with Crippen LogP contribution in [0.5, 0.6) is 34.5 Å². The summed E-state index contributed by atoms with van der Waals surface area (Å²) in [6.07, 6.45) is 0.901. The lowest BCUT2D eigenvalue weighted by molar-refractivity contribution is -0.0538. The Labute approximate surface area is 229 Å². The predicted molar refractivity (Wildman–Crippen MR) is 145 cm³/mol. The average molecular weight is 543 g/mol. The molecule has 2 amide bonds. The molecule has 0 unspecified atom stereocenters. The molecule has 39 heavy (non-hydrogen) atoms. The Morgan fingerprint density at radius 2 is 0.846 bits per heavy atom. The molecule has 0 spiro atoms. The second kappa shape index (κ2) is 10.7. The maximum absolute atomic E-state index is 13.7. The number of piperidine rings is 2. The Hall–Kier alpha value is -3.82. The van der Waals surface area contributed by atoms with E-state index in [9.17, 15) is 9.59 Å². The summed E-state index contributed by atoms with van der Waals surface area (Å²) in [5.74, 6) is 2.35. The van der Waals surface area contributed by atoms with Crippen molar-refractivity contribution in [2.45, 2.75) is 20.3 Å². The lowest BCUT2D eigenvalue weighted by atomic mass is 9.65. The van der Waals surface area contributed by atoms with Gasteiger partial charge >= 0.3 is 0 Å². The van der Waals surface area contributed by atoms with Crippen molar-refractivity contribution >= 4 is 11.8 Å². The van der Waals surface area contributed by atoms with E-state index in [2.05, 4.69) is 13.8 Å². The molecule has 2 fully saturated rings. The molecule has 4 rings (SSSR count). The van der Waals surface area contributed by atoms with Crippen molar-refractivity contribution in [3.63, 3.8) is 0 Å². The summed E-state index contributed by atoms with van der Waals surface area (Å²) in [6, 6.07) is 6.72. The van der Waals surface area contributed by atoms with Crippen LogP contribution in [0.4, 0.5) is 0 Å². The van der Waals surface area contributed by atoms with Crippen molar-refractivity contribution in [3.8, 4) is 34.5 Å². The van der Waals surface area contributed by atoms with Crippen molar-refractivity contribution in [1.82, 2.24) is 9.80 Å². The molecule has 2 aliphatic heterocycles. The Morgan fingerprint density at radius 3 is 1.08 bits per heavy atom. The summed E-state index contributed by atoms with van der Waals surface area (Å²) in [6.45, 7) is 6.31. The number of methoxy groups -OCH3 is 6. The van der Waals surface area contributed by atoms with Crippen LogP contribution in [0.15, 0.2) is 24.3 Å². The normalized spacial score (nSPS) is 22.2. The molecule has 0 aliphatic carbocycles. The van der Waals surface area contributed by atoms with Gasteiger partial charge in [-0.25, -0.2) is 0 Å². The Morgan fingerprint density at radius 1 is 0.564 bits per heavy atom. The molecule has 2 heterocycles. The fraction of sp³-hybridized carbons (Fsp3) is 0.517. The number of nitrogens with zero attached hydrogens (tertiary/aromatic N) is 2. The summed E-state index contributed by atoms with van der Waals surface area (Å²) in [7, 11) is 9.16. The highest BCUT2D eigenvalue weighted by Gasteiger charge is 2.50. The number of hydrogen-bond acceptors (Lipinski definition) is 8. The number of amides is 2. The molecule has 2 aromatic carbocycles. The molecule has 2 saturated heterocycles. The molecule has 2 aromatic rings. The molecule has 2 bridgehead atoms. The lowest BCUT2D eigenvalue weighted by Crippen LogP contribution is -2.64. The van der Waals surface area contributed by atoms with E-state index in [4.69, 9.17) is 28.4 Å². The van der Waals surface area contributed by atoms with Crippen molar-refractivity contribution in [2.75, 3.05) is 68.8 Å². The molecule has 0 aromatic heterocycles. The number of benzene rings is 2. The van der Waals surface area contributed by atoms with Gasteiger partial charge in [-0.1, -0.05) is 13.8 Å². The predicted octanol–water partition coefficient (Wildman–Crippen LogP) is 3.75. The molecule has 2 aliphatic rings. The third kappa shape index (κ3) is 5.24. The van der Waals surface area contributed by atoms with Gasteiger partial charge in [-0.15, -0.1) is 0 Å². The maximum Gasteiger partial charge on any atom is 0.254 e. The first-order valence-electron chi connectivity index (χ1n) is 12.7. The lowest BCUT2D eigenvalue weighted by Gasteiger charge is -2.56. The fourth-order valence-corrected chi connectivity index (χ4v) is 6.37. The molecule has 0 radical (unpaired) electrons. The van der Waals surface area contributed by atoms with Crippen molar-refractivity contribution in [2.24, 2.45) is 10.8 Å². The van der Waals surface area contributed by atoms with Crippen LogP contribution in [0.1, 0.15) is 41.0 Å². The number of rotatable bonds is 8. The number of likely N-dealkylation sites (tertiary alicyclic amines) is 2. The van der Waals surface area contributed by atoms with Gasteiger partial charge in [0.25, 0.3) is 11.8 Å². The second-order valence-electron chi connectivity index (χ2n) is 10.9. The average Bonchev–Trinajstić information content (AvgIpc) is 2.92. The molecule has 10 nitrogen and oxygen atoms in total. The van der Waals surface area contributed by atoms with Crippen LogP contribution < -0.4 is 28.4 Å². The van der Waals surface area contributed by atoms with Gasteiger partial charge in [0.05, 0.1) is 42.7 Å². The van der Waals surface area contributed by atoms with Crippen LogP contribution in [0, 0.1) is 10.8 Å². The molecule has 0 atom stereocenters. The van der Waals surface area contributed by atoms with E-state index in [1.807, 2.05) is 9.80 Å². The minimum Gasteiger partial charge on any atom is -0.493 e. The van der Waals surface area contributed by atoms with E-state index in [1.165, 1.54) is 42.7 Å². The van der Waals surface area contributed by atoms with Crippen LogP contribution in [-0.4, -0.2) is 90.5 Å². The van der Waals surface area contributed by atoms with E-state index in [1.54, 1.807) is 24.3 Å². The Balaban J connectivity index is 1.60. The second-order valence-corrected chi connectivity index (χ2v) is 10.9. The van der Waals surface area contributed by atoms with Crippen LogP contribution in [0.25, 0.3) is 0 Å².